The fourth-order valence-corrected chi connectivity index (χ4v) is 1.20. The molecular formula is C11H23N3. The minimum absolute atomic E-state index is 0.800. The summed E-state index contributed by atoms with van der Waals surface area (Å²) in [6.45, 7) is 8.56. The third-order valence-electron chi connectivity index (χ3n) is 2.17. The Kier molecular flexibility index (Phi) is 8.24. The molecular weight excluding hydrogens is 174 g/mol. The molecule has 0 radical (unpaired) electrons. The molecule has 0 aliphatic rings. The molecule has 82 valence electrons. The summed E-state index contributed by atoms with van der Waals surface area (Å²) in [5, 5.41) is 1.64. The summed E-state index contributed by atoms with van der Waals surface area (Å²) < 4.78 is 0. The molecule has 0 aliphatic heterocycles. The van der Waals surface area contributed by atoms with Crippen LogP contribution in [0.3, 0.4) is 0 Å². The van der Waals surface area contributed by atoms with Gasteiger partial charge in [0.1, 0.15) is 0 Å². The van der Waals surface area contributed by atoms with Gasteiger partial charge in [0.2, 0.25) is 0 Å². The Hall–Kier alpha value is -0.830. The van der Waals surface area contributed by atoms with Crippen molar-refractivity contribution >= 4 is 6.72 Å². The summed E-state index contributed by atoms with van der Waals surface area (Å²) in [6.07, 6.45) is 7.86. The predicted molar refractivity (Wildman–Crippen MR) is 63.0 cm³/mol. The Morgan fingerprint density at radius 3 is 2.57 bits per heavy atom. The minimum Gasteiger partial charge on any atom is -0.317 e. The van der Waals surface area contributed by atoms with Crippen molar-refractivity contribution in [3.8, 4) is 0 Å². The van der Waals surface area contributed by atoms with Crippen molar-refractivity contribution in [2.75, 3.05) is 6.54 Å². The summed E-state index contributed by atoms with van der Waals surface area (Å²) in [4.78, 5) is 3.96. The second kappa shape index (κ2) is 8.75. The molecule has 14 heavy (non-hydrogen) atoms. The first-order valence-corrected chi connectivity index (χ1v) is 5.43. The zero-order valence-electron chi connectivity index (χ0n) is 9.50. The molecule has 0 aromatic rings. The van der Waals surface area contributed by atoms with Gasteiger partial charge in [0, 0.05) is 12.7 Å². The van der Waals surface area contributed by atoms with Crippen molar-refractivity contribution in [1.82, 2.24) is 5.01 Å². The van der Waals surface area contributed by atoms with Gasteiger partial charge in [-0.3, -0.25) is 4.99 Å². The van der Waals surface area contributed by atoms with Crippen LogP contribution in [-0.2, 0) is 0 Å². The van der Waals surface area contributed by atoms with Crippen LogP contribution in [0.5, 0.6) is 0 Å². The largest absolute Gasteiger partial charge is 0.317 e. The van der Waals surface area contributed by atoms with Gasteiger partial charge in [0.25, 0.3) is 0 Å². The number of aliphatic imine (C=N–C) groups is 1. The van der Waals surface area contributed by atoms with Crippen LogP contribution >= 0.6 is 0 Å². The minimum atomic E-state index is 0.800. The van der Waals surface area contributed by atoms with E-state index in [1.54, 1.807) is 5.01 Å². The van der Waals surface area contributed by atoms with Crippen molar-refractivity contribution in [3.63, 3.8) is 0 Å². The number of allylic oxidation sites excluding steroid dienone is 1. The summed E-state index contributed by atoms with van der Waals surface area (Å²) in [6, 6.07) is 0. The number of unbranched alkanes of at least 4 members (excludes halogenated alkanes) is 3. The number of nitrogens with zero attached hydrogens (tertiary/aromatic N) is 2. The quantitative estimate of drug-likeness (QED) is 0.281. The van der Waals surface area contributed by atoms with Crippen molar-refractivity contribution in [3.05, 3.63) is 11.9 Å². The van der Waals surface area contributed by atoms with Crippen LogP contribution in [0.15, 0.2) is 16.9 Å². The second-order valence-electron chi connectivity index (χ2n) is 3.42. The van der Waals surface area contributed by atoms with Gasteiger partial charge >= 0.3 is 0 Å². The van der Waals surface area contributed by atoms with E-state index in [9.17, 15) is 0 Å². The van der Waals surface area contributed by atoms with Crippen molar-refractivity contribution in [1.29, 1.82) is 0 Å². The van der Waals surface area contributed by atoms with Crippen LogP contribution < -0.4 is 5.84 Å². The summed E-state index contributed by atoms with van der Waals surface area (Å²) in [7, 11) is 0. The van der Waals surface area contributed by atoms with E-state index >= 15 is 0 Å². The third-order valence-corrected chi connectivity index (χ3v) is 2.17. The van der Waals surface area contributed by atoms with Crippen molar-refractivity contribution < 1.29 is 0 Å². The first-order valence-electron chi connectivity index (χ1n) is 5.43. The Bertz CT molecular complexity index is 175. The number of hydrogen-bond donors (Lipinski definition) is 1. The van der Waals surface area contributed by atoms with Gasteiger partial charge in [-0.1, -0.05) is 26.2 Å². The van der Waals surface area contributed by atoms with Crippen LogP contribution in [0.1, 0.15) is 46.0 Å². The van der Waals surface area contributed by atoms with E-state index in [2.05, 4.69) is 18.6 Å². The number of rotatable bonds is 8. The molecule has 0 aliphatic carbocycles. The summed E-state index contributed by atoms with van der Waals surface area (Å²) in [5.41, 5.74) is 0.991. The first-order chi connectivity index (χ1) is 6.74. The van der Waals surface area contributed by atoms with E-state index in [0.717, 1.165) is 18.7 Å². The SMILES string of the molecule is C=N/C(=C\N(N)CC)CCCCCC. The highest BCUT2D eigenvalue weighted by Crippen LogP contribution is 2.10. The lowest BCUT2D eigenvalue weighted by molar-refractivity contribution is 0.411. The van der Waals surface area contributed by atoms with E-state index in [1.165, 1.54) is 25.7 Å². The van der Waals surface area contributed by atoms with Gasteiger partial charge in [-0.2, -0.15) is 0 Å². The van der Waals surface area contributed by atoms with Crippen LogP contribution in [-0.4, -0.2) is 18.3 Å². The molecule has 0 fully saturated rings. The number of nitrogens with two attached hydrogens (primary N) is 1. The number of hydrogen-bond acceptors (Lipinski definition) is 3. The molecule has 3 heteroatoms. The molecule has 0 spiro atoms. The highest BCUT2D eigenvalue weighted by Gasteiger charge is 1.96. The van der Waals surface area contributed by atoms with E-state index in [-0.39, 0.29) is 0 Å². The van der Waals surface area contributed by atoms with Gasteiger partial charge < -0.3 is 5.01 Å². The monoisotopic (exact) mass is 197 g/mol. The number of hydrazine groups is 1. The molecule has 2 N–H and O–H groups in total. The molecule has 3 nitrogen and oxygen atoms in total. The smallest absolute Gasteiger partial charge is 0.0569 e. The van der Waals surface area contributed by atoms with Crippen LogP contribution in [0.25, 0.3) is 0 Å². The molecule has 0 atom stereocenters. The molecule has 0 aromatic heterocycles. The fourth-order valence-electron chi connectivity index (χ4n) is 1.20. The van der Waals surface area contributed by atoms with Gasteiger partial charge in [-0.25, -0.2) is 5.84 Å². The fraction of sp³-hybridized carbons (Fsp3) is 0.727. The maximum atomic E-state index is 5.65. The summed E-state index contributed by atoms with van der Waals surface area (Å²) >= 11 is 0. The van der Waals surface area contributed by atoms with Crippen molar-refractivity contribution in [2.24, 2.45) is 10.8 Å². The van der Waals surface area contributed by atoms with Crippen LogP contribution in [0.2, 0.25) is 0 Å². The van der Waals surface area contributed by atoms with Gasteiger partial charge in [0.05, 0.1) is 5.70 Å². The lowest BCUT2D eigenvalue weighted by Gasteiger charge is -2.11. The van der Waals surface area contributed by atoms with E-state index in [4.69, 9.17) is 5.84 Å². The van der Waals surface area contributed by atoms with Crippen LogP contribution in [0.4, 0.5) is 0 Å². The lowest BCUT2D eigenvalue weighted by Crippen LogP contribution is -2.24. The highest BCUT2D eigenvalue weighted by molar-refractivity contribution is 5.28. The molecule has 0 saturated heterocycles. The molecule has 0 heterocycles. The second-order valence-corrected chi connectivity index (χ2v) is 3.42. The standard InChI is InChI=1S/C11H23N3/c1-4-6-7-8-9-11(13-3)10-14(12)5-2/h10H,3-9,12H2,1-2H3/b11-10-. The van der Waals surface area contributed by atoms with Gasteiger partial charge in [-0.05, 0) is 26.5 Å². The normalized spacial score (nSPS) is 11.5. The zero-order valence-corrected chi connectivity index (χ0v) is 9.50. The first kappa shape index (κ1) is 13.2. The molecule has 0 rings (SSSR count). The van der Waals surface area contributed by atoms with E-state index in [1.807, 2.05) is 13.1 Å². The predicted octanol–water partition coefficient (Wildman–Crippen LogP) is 2.69. The molecule has 0 unspecified atom stereocenters. The van der Waals surface area contributed by atoms with Gasteiger partial charge in [0.15, 0.2) is 0 Å². The van der Waals surface area contributed by atoms with Crippen LogP contribution in [0, 0.1) is 0 Å². The third kappa shape index (κ3) is 6.66. The Balaban J connectivity index is 3.78. The zero-order chi connectivity index (χ0) is 10.8. The lowest BCUT2D eigenvalue weighted by atomic mass is 10.1. The Morgan fingerprint density at radius 2 is 2.07 bits per heavy atom. The molecule has 0 amide bonds. The average molecular weight is 197 g/mol. The molecule has 0 aromatic carbocycles. The highest BCUT2D eigenvalue weighted by atomic mass is 15.4. The topological polar surface area (TPSA) is 41.6 Å². The Labute approximate surface area is 87.7 Å². The van der Waals surface area contributed by atoms with Crippen molar-refractivity contribution in [2.45, 2.75) is 46.0 Å². The maximum Gasteiger partial charge on any atom is 0.0569 e. The molecule has 0 saturated carbocycles. The maximum absolute atomic E-state index is 5.65. The molecule has 0 bridgehead atoms. The average Bonchev–Trinajstić information content (AvgIpc) is 2.22. The Morgan fingerprint density at radius 1 is 1.36 bits per heavy atom. The summed E-state index contributed by atoms with van der Waals surface area (Å²) in [5.74, 6) is 5.65. The van der Waals surface area contributed by atoms with Gasteiger partial charge in [-0.15, -0.1) is 0 Å². The van der Waals surface area contributed by atoms with E-state index < -0.39 is 0 Å². The van der Waals surface area contributed by atoms with E-state index in [0.29, 0.717) is 0 Å².